The number of pyridine rings is 1. The van der Waals surface area contributed by atoms with Gasteiger partial charge in [0.25, 0.3) is 0 Å². The molecule has 5 heteroatoms. The van der Waals surface area contributed by atoms with Crippen LogP contribution in [0.1, 0.15) is 34.7 Å². The second kappa shape index (κ2) is 4.25. The Morgan fingerprint density at radius 3 is 2.94 bits per heavy atom. The summed E-state index contributed by atoms with van der Waals surface area (Å²) in [4.78, 5) is 19.2. The first-order valence-electron chi connectivity index (χ1n) is 6.00. The summed E-state index contributed by atoms with van der Waals surface area (Å²) in [6.07, 6.45) is 7.65. The van der Waals surface area contributed by atoms with Crippen molar-refractivity contribution in [2.45, 2.75) is 25.7 Å². The van der Waals surface area contributed by atoms with Gasteiger partial charge in [0.2, 0.25) is 0 Å². The Hall–Kier alpha value is -2.17. The number of aromatic nitrogens is 3. The highest BCUT2D eigenvalue weighted by atomic mass is 16.4. The standard InChI is InChI=1S/C13H13N3O2/c17-13(18)11-7-9(5-6-14-11)16-8-15-10-3-1-2-4-12(10)16/h5-8H,1-4H2,(H,17,18). The lowest BCUT2D eigenvalue weighted by Crippen LogP contribution is -2.08. The number of carbonyl (C=O) groups is 1. The van der Waals surface area contributed by atoms with Crippen molar-refractivity contribution in [2.75, 3.05) is 0 Å². The minimum absolute atomic E-state index is 0.0609. The van der Waals surface area contributed by atoms with Gasteiger partial charge >= 0.3 is 5.97 Å². The van der Waals surface area contributed by atoms with E-state index < -0.39 is 5.97 Å². The van der Waals surface area contributed by atoms with E-state index in [9.17, 15) is 4.79 Å². The van der Waals surface area contributed by atoms with Gasteiger partial charge in [0.1, 0.15) is 5.69 Å². The van der Waals surface area contributed by atoms with Crippen molar-refractivity contribution >= 4 is 5.97 Å². The highest BCUT2D eigenvalue weighted by Crippen LogP contribution is 2.23. The SMILES string of the molecule is O=C(O)c1cc(-n2cnc3c2CCCC3)ccn1. The van der Waals surface area contributed by atoms with Gasteiger partial charge in [-0.05, 0) is 37.8 Å². The third-order valence-corrected chi connectivity index (χ3v) is 3.27. The quantitative estimate of drug-likeness (QED) is 0.873. The summed E-state index contributed by atoms with van der Waals surface area (Å²) >= 11 is 0. The summed E-state index contributed by atoms with van der Waals surface area (Å²) in [7, 11) is 0. The molecule has 2 heterocycles. The molecule has 0 bridgehead atoms. The molecule has 0 radical (unpaired) electrons. The van der Waals surface area contributed by atoms with Crippen LogP contribution in [-0.4, -0.2) is 25.6 Å². The van der Waals surface area contributed by atoms with Gasteiger partial charge in [-0.2, -0.15) is 0 Å². The summed E-state index contributed by atoms with van der Waals surface area (Å²) < 4.78 is 1.97. The van der Waals surface area contributed by atoms with Crippen molar-refractivity contribution in [3.63, 3.8) is 0 Å². The number of fused-ring (bicyclic) bond motifs is 1. The fourth-order valence-corrected chi connectivity index (χ4v) is 2.38. The second-order valence-corrected chi connectivity index (χ2v) is 4.42. The molecule has 2 aromatic heterocycles. The molecular formula is C13H13N3O2. The molecular weight excluding hydrogens is 230 g/mol. The van der Waals surface area contributed by atoms with Gasteiger partial charge in [0, 0.05) is 11.9 Å². The van der Waals surface area contributed by atoms with E-state index in [-0.39, 0.29) is 5.69 Å². The number of carboxylic acid groups (broad SMARTS) is 1. The summed E-state index contributed by atoms with van der Waals surface area (Å²) in [6.45, 7) is 0. The molecule has 0 saturated carbocycles. The summed E-state index contributed by atoms with van der Waals surface area (Å²) in [5.41, 5.74) is 3.21. The van der Waals surface area contributed by atoms with Crippen LogP contribution in [0.3, 0.4) is 0 Å². The number of hydrogen-bond donors (Lipinski definition) is 1. The Kier molecular flexibility index (Phi) is 2.59. The third kappa shape index (κ3) is 1.77. The lowest BCUT2D eigenvalue weighted by atomic mass is 10.0. The van der Waals surface area contributed by atoms with Crippen LogP contribution < -0.4 is 0 Å². The summed E-state index contributed by atoms with van der Waals surface area (Å²) in [5.74, 6) is -1.01. The van der Waals surface area contributed by atoms with Crippen molar-refractivity contribution in [3.8, 4) is 5.69 Å². The molecule has 5 nitrogen and oxygen atoms in total. The van der Waals surface area contributed by atoms with Crippen molar-refractivity contribution in [1.29, 1.82) is 0 Å². The Balaban J connectivity index is 2.07. The van der Waals surface area contributed by atoms with Crippen molar-refractivity contribution < 1.29 is 9.90 Å². The normalized spacial score (nSPS) is 14.2. The van der Waals surface area contributed by atoms with Gasteiger partial charge in [-0.15, -0.1) is 0 Å². The number of hydrogen-bond acceptors (Lipinski definition) is 3. The number of nitrogens with zero attached hydrogens (tertiary/aromatic N) is 3. The first kappa shape index (κ1) is 11.0. The van der Waals surface area contributed by atoms with E-state index in [1.807, 2.05) is 10.6 Å². The maximum Gasteiger partial charge on any atom is 0.354 e. The fraction of sp³-hybridized carbons (Fsp3) is 0.308. The molecule has 92 valence electrons. The average Bonchev–Trinajstić information content (AvgIpc) is 2.82. The van der Waals surface area contributed by atoms with Crippen molar-refractivity contribution in [2.24, 2.45) is 0 Å². The maximum atomic E-state index is 10.9. The van der Waals surface area contributed by atoms with Crippen molar-refractivity contribution in [1.82, 2.24) is 14.5 Å². The summed E-state index contributed by atoms with van der Waals surface area (Å²) in [5, 5.41) is 8.96. The highest BCUT2D eigenvalue weighted by Gasteiger charge is 2.16. The van der Waals surface area contributed by atoms with Gasteiger partial charge in [-0.1, -0.05) is 0 Å². The van der Waals surface area contributed by atoms with E-state index in [1.165, 1.54) is 18.3 Å². The summed E-state index contributed by atoms with van der Waals surface area (Å²) in [6, 6.07) is 3.39. The van der Waals surface area contributed by atoms with Gasteiger partial charge in [-0.25, -0.2) is 14.8 Å². The molecule has 0 fully saturated rings. The highest BCUT2D eigenvalue weighted by molar-refractivity contribution is 5.85. The molecule has 0 amide bonds. The van der Waals surface area contributed by atoms with Crippen LogP contribution in [0.4, 0.5) is 0 Å². The number of carboxylic acids is 1. The zero-order valence-electron chi connectivity index (χ0n) is 9.83. The number of aryl methyl sites for hydroxylation is 1. The van der Waals surface area contributed by atoms with Crippen LogP contribution in [0.25, 0.3) is 5.69 Å². The third-order valence-electron chi connectivity index (χ3n) is 3.27. The zero-order valence-corrected chi connectivity index (χ0v) is 9.83. The molecule has 1 aliphatic rings. The molecule has 0 atom stereocenters. The average molecular weight is 243 g/mol. The van der Waals surface area contributed by atoms with Crippen LogP contribution in [0.2, 0.25) is 0 Å². The lowest BCUT2D eigenvalue weighted by Gasteiger charge is -2.14. The molecule has 1 N–H and O–H groups in total. The van der Waals surface area contributed by atoms with Gasteiger partial charge in [0.15, 0.2) is 0 Å². The monoisotopic (exact) mass is 243 g/mol. The fourth-order valence-electron chi connectivity index (χ4n) is 2.38. The van der Waals surface area contributed by atoms with Crippen molar-refractivity contribution in [3.05, 3.63) is 41.7 Å². The van der Waals surface area contributed by atoms with Crippen LogP contribution in [0, 0.1) is 0 Å². The predicted molar refractivity (Wildman–Crippen MR) is 65.0 cm³/mol. The first-order valence-corrected chi connectivity index (χ1v) is 6.00. The minimum atomic E-state index is -1.01. The Bertz CT molecular complexity index is 604. The van der Waals surface area contributed by atoms with Crippen LogP contribution in [0.5, 0.6) is 0 Å². The van der Waals surface area contributed by atoms with E-state index in [4.69, 9.17) is 5.11 Å². The van der Waals surface area contributed by atoms with Crippen LogP contribution in [-0.2, 0) is 12.8 Å². The largest absolute Gasteiger partial charge is 0.477 e. The van der Waals surface area contributed by atoms with Gasteiger partial charge in [-0.3, -0.25) is 0 Å². The molecule has 0 aliphatic heterocycles. The molecule has 1 aliphatic carbocycles. The topological polar surface area (TPSA) is 68.0 Å². The van der Waals surface area contributed by atoms with Crippen LogP contribution in [0.15, 0.2) is 24.7 Å². The van der Waals surface area contributed by atoms with Gasteiger partial charge < -0.3 is 9.67 Å². The molecule has 0 aromatic carbocycles. The molecule has 18 heavy (non-hydrogen) atoms. The van der Waals surface area contributed by atoms with E-state index in [0.717, 1.165) is 30.6 Å². The first-order chi connectivity index (χ1) is 8.75. The minimum Gasteiger partial charge on any atom is -0.477 e. The molecule has 3 rings (SSSR count). The number of imidazole rings is 1. The molecule has 0 spiro atoms. The van der Waals surface area contributed by atoms with Gasteiger partial charge in [0.05, 0.1) is 17.7 Å². The zero-order chi connectivity index (χ0) is 12.5. The Labute approximate surface area is 104 Å². The van der Waals surface area contributed by atoms with E-state index in [1.54, 1.807) is 12.4 Å². The Morgan fingerprint density at radius 1 is 1.28 bits per heavy atom. The van der Waals surface area contributed by atoms with E-state index in [0.29, 0.717) is 0 Å². The number of rotatable bonds is 2. The molecule has 0 unspecified atom stereocenters. The molecule has 0 saturated heterocycles. The smallest absolute Gasteiger partial charge is 0.354 e. The predicted octanol–water partition coefficient (Wildman–Crippen LogP) is 1.84. The van der Waals surface area contributed by atoms with E-state index >= 15 is 0 Å². The van der Waals surface area contributed by atoms with Crippen LogP contribution >= 0.6 is 0 Å². The lowest BCUT2D eigenvalue weighted by molar-refractivity contribution is 0.0690. The van der Waals surface area contributed by atoms with E-state index in [2.05, 4.69) is 9.97 Å². The maximum absolute atomic E-state index is 10.9. The number of aromatic carboxylic acids is 1. The Morgan fingerprint density at radius 2 is 2.11 bits per heavy atom. The molecule has 2 aromatic rings. The second-order valence-electron chi connectivity index (χ2n) is 4.42.